The van der Waals surface area contributed by atoms with Gasteiger partial charge in [0.1, 0.15) is 32.0 Å². The largest absolute Gasteiger partial charge is 0.472 e. The molecule has 0 heterocycles. The summed E-state index contributed by atoms with van der Waals surface area (Å²) >= 11 is 0. The van der Waals surface area contributed by atoms with E-state index in [2.05, 4.69) is 35.8 Å². The molecule has 4 atom stereocenters. The Morgan fingerprint density at radius 3 is 1.66 bits per heavy atom. The van der Waals surface area contributed by atoms with Gasteiger partial charge in [-0.05, 0) is 51.4 Å². The van der Waals surface area contributed by atoms with Crippen LogP contribution in [-0.4, -0.2) is 97.6 Å². The van der Waals surface area contributed by atoms with Gasteiger partial charge in [0.2, 0.25) is 0 Å². The second kappa shape index (κ2) is 37.8. The van der Waals surface area contributed by atoms with Gasteiger partial charge in [-0.1, -0.05) is 140 Å². The number of allylic oxidation sites excluding steroid dienone is 6. The van der Waals surface area contributed by atoms with E-state index in [1.165, 1.54) is 19.3 Å². The number of nitrogens with zero attached hydrogens (tertiary/aromatic N) is 1. The number of phosphoric acid groups is 1. The minimum absolute atomic E-state index is 0.00653. The summed E-state index contributed by atoms with van der Waals surface area (Å²) in [7, 11) is 1.34. The second-order valence-corrected chi connectivity index (χ2v) is 17.4. The van der Waals surface area contributed by atoms with E-state index in [-0.39, 0.29) is 38.3 Å². The summed E-state index contributed by atoms with van der Waals surface area (Å²) in [6, 6.07) is 0. The normalized spacial score (nSPS) is 15.1. The van der Waals surface area contributed by atoms with Gasteiger partial charge in [-0.25, -0.2) is 14.3 Å². The standard InChI is InChI=1S/C44H80NO12P/c1-6-8-10-11-15-19-25-32-41(57-49)33-27-21-18-23-28-34-43(46)52-38-42(39-54-58(50,51)53-37-36-45(3,4)5)55-44(47)35-29-22-17-14-12-13-16-20-26-31-40(56-48)30-24-9-7-2/h15-16,19-20,25-26,31-32,40-42H,6-14,17-18,21-24,27-30,33-39H2,1-5H3,(H2-,48,49,50,51)/p+1/b19-15+,20-16+,31-26-,32-25-/t40?,41?,42-/m1/s1. The summed E-state index contributed by atoms with van der Waals surface area (Å²) in [4.78, 5) is 44.5. The zero-order chi connectivity index (χ0) is 43.2. The van der Waals surface area contributed by atoms with E-state index in [9.17, 15) is 24.3 Å². The SMILES string of the molecule is CCCCC/C=C/C=C\C(CCCCCCCC(=O)OC[C@H](COP(=O)(O)OCC[N+](C)(C)C)OC(=O)CCCCCCC/C=C/C=C\C(CCCCC)OO)OO. The molecule has 0 aliphatic rings. The zero-order valence-corrected chi connectivity index (χ0v) is 37.5. The minimum Gasteiger partial charge on any atom is -0.462 e. The molecule has 0 fully saturated rings. The molecule has 14 heteroatoms. The average molecular weight is 847 g/mol. The van der Waals surface area contributed by atoms with Crippen LogP contribution in [0.15, 0.2) is 48.6 Å². The van der Waals surface area contributed by atoms with Gasteiger partial charge in [0.15, 0.2) is 6.10 Å². The van der Waals surface area contributed by atoms with Crippen molar-refractivity contribution >= 4 is 19.8 Å². The molecule has 0 rings (SSSR count). The van der Waals surface area contributed by atoms with Gasteiger partial charge in [-0.3, -0.25) is 29.2 Å². The Kier molecular flexibility index (Phi) is 36.4. The number of hydrogen-bond acceptors (Lipinski definition) is 11. The number of likely N-dealkylation sites (N-methyl/N-ethyl adjacent to an activating group) is 1. The highest BCUT2D eigenvalue weighted by molar-refractivity contribution is 7.47. The van der Waals surface area contributed by atoms with E-state index in [0.717, 1.165) is 89.9 Å². The number of phosphoric ester groups is 1. The van der Waals surface area contributed by atoms with Crippen LogP contribution in [0.4, 0.5) is 0 Å². The smallest absolute Gasteiger partial charge is 0.462 e. The highest BCUT2D eigenvalue weighted by Gasteiger charge is 2.27. The maximum atomic E-state index is 12.7. The molecule has 0 amide bonds. The summed E-state index contributed by atoms with van der Waals surface area (Å²) in [5.41, 5.74) is 0. The topological polar surface area (TPSA) is 167 Å². The molecular formula is C44H81NO12P+. The lowest BCUT2D eigenvalue weighted by Crippen LogP contribution is -2.37. The van der Waals surface area contributed by atoms with Crippen molar-refractivity contribution < 1.29 is 62.3 Å². The van der Waals surface area contributed by atoms with Crippen molar-refractivity contribution in [3.05, 3.63) is 48.6 Å². The van der Waals surface area contributed by atoms with Crippen LogP contribution < -0.4 is 0 Å². The Morgan fingerprint density at radius 2 is 1.10 bits per heavy atom. The Labute approximate surface area is 350 Å². The summed E-state index contributed by atoms with van der Waals surface area (Å²) in [6.45, 7) is 4.02. The molecule has 338 valence electrons. The fourth-order valence-electron chi connectivity index (χ4n) is 5.67. The zero-order valence-electron chi connectivity index (χ0n) is 36.6. The fraction of sp³-hybridized carbons (Fsp3) is 0.773. The van der Waals surface area contributed by atoms with Crippen molar-refractivity contribution in [2.45, 2.75) is 173 Å². The number of carbonyl (C=O) groups excluding carboxylic acids is 2. The minimum atomic E-state index is -4.43. The van der Waals surface area contributed by atoms with Crippen LogP contribution in [0.25, 0.3) is 0 Å². The molecular weight excluding hydrogens is 765 g/mol. The lowest BCUT2D eigenvalue weighted by Gasteiger charge is -2.24. The number of rotatable bonds is 40. The first kappa shape index (κ1) is 55.8. The molecule has 0 aromatic heterocycles. The van der Waals surface area contributed by atoms with E-state index in [4.69, 9.17) is 23.8 Å². The van der Waals surface area contributed by atoms with E-state index < -0.39 is 32.5 Å². The Hall–Kier alpha value is -2.19. The molecule has 3 unspecified atom stereocenters. The van der Waals surface area contributed by atoms with E-state index in [1.54, 1.807) is 0 Å². The van der Waals surface area contributed by atoms with E-state index >= 15 is 0 Å². The van der Waals surface area contributed by atoms with Gasteiger partial charge < -0.3 is 18.9 Å². The van der Waals surface area contributed by atoms with Crippen molar-refractivity contribution in [2.75, 3.05) is 47.5 Å². The number of ether oxygens (including phenoxy) is 2. The number of hydrogen-bond donors (Lipinski definition) is 3. The second-order valence-electron chi connectivity index (χ2n) is 15.9. The third-order valence-corrected chi connectivity index (χ3v) is 10.3. The highest BCUT2D eigenvalue weighted by Crippen LogP contribution is 2.43. The Bertz CT molecular complexity index is 1170. The quantitative estimate of drug-likeness (QED) is 0.0102. The monoisotopic (exact) mass is 847 g/mol. The maximum absolute atomic E-state index is 12.7. The van der Waals surface area contributed by atoms with Gasteiger partial charge >= 0.3 is 19.8 Å². The molecule has 3 N–H and O–H groups in total. The summed E-state index contributed by atoms with van der Waals surface area (Å²) in [6.07, 6.45) is 33.3. The number of carbonyl (C=O) groups is 2. The molecule has 58 heavy (non-hydrogen) atoms. The van der Waals surface area contributed by atoms with Crippen molar-refractivity contribution in [2.24, 2.45) is 0 Å². The van der Waals surface area contributed by atoms with Crippen LogP contribution in [-0.2, 0) is 42.5 Å². The van der Waals surface area contributed by atoms with Crippen molar-refractivity contribution in [3.8, 4) is 0 Å². The van der Waals surface area contributed by atoms with Crippen molar-refractivity contribution in [1.82, 2.24) is 0 Å². The average Bonchev–Trinajstić information content (AvgIpc) is 3.18. The molecule has 0 saturated carbocycles. The molecule has 0 bridgehead atoms. The molecule has 0 radical (unpaired) electrons. The predicted molar refractivity (Wildman–Crippen MR) is 230 cm³/mol. The van der Waals surface area contributed by atoms with E-state index in [1.807, 2.05) is 57.6 Å². The molecule has 0 aliphatic heterocycles. The highest BCUT2D eigenvalue weighted by atomic mass is 31.2. The molecule has 0 aliphatic carbocycles. The number of unbranched alkanes of at least 4 members (excludes halogenated alkanes) is 14. The molecule has 0 aromatic carbocycles. The van der Waals surface area contributed by atoms with Crippen LogP contribution in [0.3, 0.4) is 0 Å². The molecule has 0 spiro atoms. The van der Waals surface area contributed by atoms with E-state index in [0.29, 0.717) is 30.3 Å². The first-order valence-electron chi connectivity index (χ1n) is 21.9. The lowest BCUT2D eigenvalue weighted by atomic mass is 10.1. The van der Waals surface area contributed by atoms with Gasteiger partial charge in [0.25, 0.3) is 0 Å². The maximum Gasteiger partial charge on any atom is 0.472 e. The first-order chi connectivity index (χ1) is 27.9. The molecule has 0 aromatic rings. The number of quaternary nitrogens is 1. The lowest BCUT2D eigenvalue weighted by molar-refractivity contribution is -0.870. The van der Waals surface area contributed by atoms with Crippen LogP contribution in [0, 0.1) is 0 Å². The molecule has 0 saturated heterocycles. The van der Waals surface area contributed by atoms with Gasteiger partial charge in [0, 0.05) is 12.8 Å². The molecule has 13 nitrogen and oxygen atoms in total. The predicted octanol–water partition coefficient (Wildman–Crippen LogP) is 10.8. The van der Waals surface area contributed by atoms with Gasteiger partial charge in [-0.2, -0.15) is 0 Å². The van der Waals surface area contributed by atoms with Crippen molar-refractivity contribution in [1.29, 1.82) is 0 Å². The van der Waals surface area contributed by atoms with Gasteiger partial charge in [0.05, 0.1) is 27.7 Å². The Balaban J connectivity index is 4.61. The van der Waals surface area contributed by atoms with Crippen LogP contribution >= 0.6 is 7.82 Å². The third kappa shape index (κ3) is 38.0. The summed E-state index contributed by atoms with van der Waals surface area (Å²) in [5.74, 6) is -0.952. The summed E-state index contributed by atoms with van der Waals surface area (Å²) < 4.78 is 34.2. The summed E-state index contributed by atoms with van der Waals surface area (Å²) in [5, 5.41) is 18.2. The van der Waals surface area contributed by atoms with Crippen LogP contribution in [0.1, 0.15) is 155 Å². The number of esters is 2. The Morgan fingerprint density at radius 1 is 0.621 bits per heavy atom. The van der Waals surface area contributed by atoms with Crippen molar-refractivity contribution in [3.63, 3.8) is 0 Å². The van der Waals surface area contributed by atoms with Crippen LogP contribution in [0.5, 0.6) is 0 Å². The van der Waals surface area contributed by atoms with Gasteiger partial charge in [-0.15, -0.1) is 0 Å². The first-order valence-corrected chi connectivity index (χ1v) is 23.4. The van der Waals surface area contributed by atoms with Crippen LogP contribution in [0.2, 0.25) is 0 Å². The third-order valence-electron chi connectivity index (χ3n) is 9.27. The fourth-order valence-corrected chi connectivity index (χ4v) is 6.41.